The molecule has 1 unspecified atom stereocenters. The molecule has 1 atom stereocenters. The first-order chi connectivity index (χ1) is 8.27. The molecule has 0 N–H and O–H groups in total. The van der Waals surface area contributed by atoms with Crippen LogP contribution in [0.25, 0.3) is 0 Å². The summed E-state index contributed by atoms with van der Waals surface area (Å²) in [4.78, 5) is 10.7. The van der Waals surface area contributed by atoms with Crippen molar-refractivity contribution in [2.45, 2.75) is 39.0 Å². The van der Waals surface area contributed by atoms with Crippen molar-refractivity contribution in [3.63, 3.8) is 0 Å². The van der Waals surface area contributed by atoms with E-state index in [1.807, 2.05) is 19.1 Å². The van der Waals surface area contributed by atoms with Crippen LogP contribution in [-0.4, -0.2) is 18.2 Å². The zero-order valence-electron chi connectivity index (χ0n) is 10.5. The zero-order valence-corrected chi connectivity index (χ0v) is 12.0. The number of carbonyl (C=O) groups excluding carboxylic acids is 1. The van der Waals surface area contributed by atoms with Gasteiger partial charge >= 0.3 is 0 Å². The molecule has 1 aliphatic carbocycles. The molecule has 0 amide bonds. The Labute approximate surface area is 112 Å². The molecule has 0 radical (unpaired) electrons. The summed E-state index contributed by atoms with van der Waals surface area (Å²) in [5, 5.41) is 1.09. The van der Waals surface area contributed by atoms with Gasteiger partial charge in [0.1, 0.15) is 12.0 Å². The van der Waals surface area contributed by atoms with Gasteiger partial charge < -0.3 is 9.53 Å². The molecule has 0 saturated heterocycles. The van der Waals surface area contributed by atoms with Crippen LogP contribution in [0.5, 0.6) is 0 Å². The Hall–Kier alpha value is -0.570. The van der Waals surface area contributed by atoms with Crippen LogP contribution in [-0.2, 0) is 9.53 Å². The topological polar surface area (TPSA) is 26.3 Å². The quantitative estimate of drug-likeness (QED) is 0.385. The Kier molecular flexibility index (Phi) is 7.25. The third-order valence-electron chi connectivity index (χ3n) is 2.92. The second kappa shape index (κ2) is 8.51. The van der Waals surface area contributed by atoms with Crippen molar-refractivity contribution in [3.8, 4) is 0 Å². The highest BCUT2D eigenvalue weighted by Crippen LogP contribution is 2.23. The van der Waals surface area contributed by atoms with Gasteiger partial charge in [-0.1, -0.05) is 34.8 Å². The zero-order chi connectivity index (χ0) is 12.5. The van der Waals surface area contributed by atoms with Crippen molar-refractivity contribution < 1.29 is 9.53 Å². The van der Waals surface area contributed by atoms with Crippen molar-refractivity contribution in [3.05, 3.63) is 23.5 Å². The number of hydrogen-bond acceptors (Lipinski definition) is 2. The third kappa shape index (κ3) is 5.53. The van der Waals surface area contributed by atoms with Crippen LogP contribution in [0.2, 0.25) is 0 Å². The largest absolute Gasteiger partial charge is 0.494 e. The van der Waals surface area contributed by atoms with E-state index in [4.69, 9.17) is 4.74 Å². The average Bonchev–Trinajstić information content (AvgIpc) is 2.35. The van der Waals surface area contributed by atoms with Gasteiger partial charge in [0.05, 0.1) is 6.61 Å². The number of unbranched alkanes of at least 4 members (excludes halogenated alkanes) is 3. The summed E-state index contributed by atoms with van der Waals surface area (Å²) in [6, 6.07) is 0. The molecule has 3 heteroatoms. The summed E-state index contributed by atoms with van der Waals surface area (Å²) in [6.07, 6.45) is 10.5. The standard InChI is InChI=1S/C14H21BrO2/c1-12-10-13(11-16)6-7-14(12)17-9-5-3-2-4-8-15/h6-7,11,13H,2-5,8-10H2,1H3. The summed E-state index contributed by atoms with van der Waals surface area (Å²) in [6.45, 7) is 2.82. The van der Waals surface area contributed by atoms with E-state index in [9.17, 15) is 4.79 Å². The number of aldehydes is 1. The van der Waals surface area contributed by atoms with Crippen molar-refractivity contribution in [2.24, 2.45) is 5.92 Å². The van der Waals surface area contributed by atoms with Crippen LogP contribution in [0.4, 0.5) is 0 Å². The lowest BCUT2D eigenvalue weighted by Crippen LogP contribution is -2.07. The van der Waals surface area contributed by atoms with Crippen molar-refractivity contribution in [1.29, 1.82) is 0 Å². The van der Waals surface area contributed by atoms with Crippen molar-refractivity contribution in [2.75, 3.05) is 11.9 Å². The van der Waals surface area contributed by atoms with E-state index in [-0.39, 0.29) is 5.92 Å². The Morgan fingerprint density at radius 2 is 2.18 bits per heavy atom. The molecule has 1 aliphatic rings. The highest BCUT2D eigenvalue weighted by atomic mass is 79.9. The molecule has 0 aromatic rings. The van der Waals surface area contributed by atoms with E-state index in [0.717, 1.165) is 36.8 Å². The first-order valence-corrected chi connectivity index (χ1v) is 7.42. The number of alkyl halides is 1. The summed E-state index contributed by atoms with van der Waals surface area (Å²) in [5.41, 5.74) is 1.19. The molecule has 0 heterocycles. The molecule has 1 rings (SSSR count). The number of carbonyl (C=O) groups is 1. The van der Waals surface area contributed by atoms with Gasteiger partial charge in [-0.2, -0.15) is 0 Å². The van der Waals surface area contributed by atoms with Crippen LogP contribution in [0.3, 0.4) is 0 Å². The maximum Gasteiger partial charge on any atom is 0.127 e. The van der Waals surface area contributed by atoms with E-state index in [1.54, 1.807) is 0 Å². The first-order valence-electron chi connectivity index (χ1n) is 6.30. The van der Waals surface area contributed by atoms with Gasteiger partial charge in [-0.05, 0) is 37.8 Å². The van der Waals surface area contributed by atoms with Gasteiger partial charge in [0.25, 0.3) is 0 Å². The summed E-state index contributed by atoms with van der Waals surface area (Å²) < 4.78 is 5.73. The van der Waals surface area contributed by atoms with E-state index in [0.29, 0.717) is 0 Å². The van der Waals surface area contributed by atoms with Gasteiger partial charge in [0.2, 0.25) is 0 Å². The molecule has 0 aromatic carbocycles. The summed E-state index contributed by atoms with van der Waals surface area (Å²) >= 11 is 3.43. The Balaban J connectivity index is 2.19. The number of halogens is 1. The molecule has 0 bridgehead atoms. The first kappa shape index (κ1) is 14.5. The fourth-order valence-electron chi connectivity index (χ4n) is 1.87. The highest BCUT2D eigenvalue weighted by molar-refractivity contribution is 9.09. The predicted octanol–water partition coefficient (Wildman–Crippen LogP) is 4.01. The minimum Gasteiger partial charge on any atom is -0.494 e. The summed E-state index contributed by atoms with van der Waals surface area (Å²) in [5.74, 6) is 1.00. The second-order valence-corrected chi connectivity index (χ2v) is 5.25. The lowest BCUT2D eigenvalue weighted by atomic mass is 9.95. The van der Waals surface area contributed by atoms with E-state index >= 15 is 0 Å². The lowest BCUT2D eigenvalue weighted by molar-refractivity contribution is -0.109. The SMILES string of the molecule is CC1=C(OCCCCCCBr)C=CC(C=O)C1. The molecule has 17 heavy (non-hydrogen) atoms. The maximum atomic E-state index is 10.7. The maximum absolute atomic E-state index is 10.7. The molecular formula is C14H21BrO2. The fourth-order valence-corrected chi connectivity index (χ4v) is 2.27. The van der Waals surface area contributed by atoms with E-state index < -0.39 is 0 Å². The number of hydrogen-bond donors (Lipinski definition) is 0. The molecule has 0 saturated carbocycles. The molecule has 0 aliphatic heterocycles. The third-order valence-corrected chi connectivity index (χ3v) is 3.48. The van der Waals surface area contributed by atoms with Crippen LogP contribution in [0.1, 0.15) is 39.0 Å². The second-order valence-electron chi connectivity index (χ2n) is 4.46. The van der Waals surface area contributed by atoms with Crippen molar-refractivity contribution >= 4 is 22.2 Å². The molecule has 0 aromatic heterocycles. The van der Waals surface area contributed by atoms with E-state index in [2.05, 4.69) is 15.9 Å². The van der Waals surface area contributed by atoms with Crippen LogP contribution >= 0.6 is 15.9 Å². The fraction of sp³-hybridized carbons (Fsp3) is 0.643. The molecule has 0 fully saturated rings. The highest BCUT2D eigenvalue weighted by Gasteiger charge is 2.13. The van der Waals surface area contributed by atoms with Gasteiger partial charge in [-0.25, -0.2) is 0 Å². The Morgan fingerprint density at radius 3 is 2.82 bits per heavy atom. The minimum atomic E-state index is 0.0429. The van der Waals surface area contributed by atoms with E-state index in [1.165, 1.54) is 24.8 Å². The van der Waals surface area contributed by atoms with Crippen LogP contribution < -0.4 is 0 Å². The number of ether oxygens (including phenoxy) is 1. The molecule has 96 valence electrons. The molecule has 2 nitrogen and oxygen atoms in total. The van der Waals surface area contributed by atoms with Gasteiger partial charge in [-0.15, -0.1) is 0 Å². The lowest BCUT2D eigenvalue weighted by Gasteiger charge is -2.17. The monoisotopic (exact) mass is 300 g/mol. The van der Waals surface area contributed by atoms with Crippen LogP contribution in [0.15, 0.2) is 23.5 Å². The van der Waals surface area contributed by atoms with Gasteiger partial charge in [-0.3, -0.25) is 0 Å². The van der Waals surface area contributed by atoms with Crippen molar-refractivity contribution in [1.82, 2.24) is 0 Å². The smallest absolute Gasteiger partial charge is 0.127 e. The predicted molar refractivity (Wildman–Crippen MR) is 74.2 cm³/mol. The van der Waals surface area contributed by atoms with Crippen LogP contribution in [0, 0.1) is 5.92 Å². The normalized spacial score (nSPS) is 19.5. The van der Waals surface area contributed by atoms with Gasteiger partial charge in [0.15, 0.2) is 0 Å². The summed E-state index contributed by atoms with van der Waals surface area (Å²) in [7, 11) is 0. The van der Waals surface area contributed by atoms with Gasteiger partial charge in [0, 0.05) is 11.2 Å². The molecular weight excluding hydrogens is 280 g/mol. The number of rotatable bonds is 8. The average molecular weight is 301 g/mol. The number of allylic oxidation sites excluding steroid dienone is 3. The molecule has 0 spiro atoms. The Bertz CT molecular complexity index is 295. The minimum absolute atomic E-state index is 0.0429. The Morgan fingerprint density at radius 1 is 1.41 bits per heavy atom.